The standard InChI is InChI=1S/C48H28O29/c49-8-4-12(53)39(43-42-35(64)24-23(48(72)76-42)18(31(60)36(65)34(24)63)15-7(45(69)77-43)3-11(52)27(56)30(15)59)73-44(68)6-2-10(51)26(55)29(58)14(6)17-22-20-19-21(46(70)74-41(20)38(67)33(17)62)16(32(61)37(66)40(19)75-47(22)71)13-5(8)1-9(50)25(54)28(13)57/h1-3,12,35,39,42-43,50-67H,4H2. The van der Waals surface area contributed by atoms with Gasteiger partial charge in [0.2, 0.25) is 34.5 Å². The van der Waals surface area contributed by atoms with Crippen molar-refractivity contribution in [3.63, 3.8) is 0 Å². The van der Waals surface area contributed by atoms with E-state index < -0.39 is 258 Å². The van der Waals surface area contributed by atoms with Gasteiger partial charge in [-0.3, -0.25) is 4.79 Å². The summed E-state index contributed by atoms with van der Waals surface area (Å²) in [4.78, 5) is 87.0. The first-order chi connectivity index (χ1) is 36.2. The lowest BCUT2D eigenvalue weighted by molar-refractivity contribution is -0.147. The van der Waals surface area contributed by atoms with E-state index in [0.29, 0.717) is 12.1 Å². The van der Waals surface area contributed by atoms with Crippen LogP contribution in [0.4, 0.5) is 0 Å². The number of hydrogen-bond donors (Lipinski definition) is 18. The maximum absolute atomic E-state index is 15.0. The smallest absolute Gasteiger partial charge is 0.345 e. The molecule has 4 aliphatic heterocycles. The molecule has 6 aromatic carbocycles. The fourth-order valence-electron chi connectivity index (χ4n) is 10.1. The molecule has 0 saturated carbocycles. The molecule has 0 aliphatic carbocycles. The summed E-state index contributed by atoms with van der Waals surface area (Å²) in [5.41, 5.74) is -19.4. The van der Waals surface area contributed by atoms with Crippen molar-refractivity contribution in [2.45, 2.75) is 36.9 Å². The molecule has 12 rings (SSSR count). The maximum Gasteiger partial charge on any atom is 0.345 e. The normalized spacial score (nSPS) is 19.2. The van der Waals surface area contributed by atoms with Crippen LogP contribution in [0.2, 0.25) is 0 Å². The summed E-state index contributed by atoms with van der Waals surface area (Å²) in [5, 5.41) is 199. The Balaban J connectivity index is 1.27. The number of phenols is 16. The number of carbonyl (C=O) groups excluding carboxylic acids is 4. The summed E-state index contributed by atoms with van der Waals surface area (Å²) in [7, 11) is 0. The molecule has 0 spiro atoms. The summed E-state index contributed by atoms with van der Waals surface area (Å²) in [5.74, 6) is -32.0. The van der Waals surface area contributed by atoms with E-state index in [1.54, 1.807) is 0 Å². The van der Waals surface area contributed by atoms with Crippen LogP contribution in [0.15, 0.2) is 36.6 Å². The average Bonchev–Trinajstić information content (AvgIpc) is 3.52. The largest absolute Gasteiger partial charge is 0.504 e. The van der Waals surface area contributed by atoms with Crippen molar-refractivity contribution in [1.82, 2.24) is 0 Å². The molecule has 0 radical (unpaired) electrons. The van der Waals surface area contributed by atoms with E-state index in [0.717, 1.165) is 0 Å². The molecule has 4 aliphatic rings. The summed E-state index contributed by atoms with van der Waals surface area (Å²) in [6, 6.07) is 0.922. The van der Waals surface area contributed by atoms with Gasteiger partial charge in [0.1, 0.15) is 12.2 Å². The molecule has 2 aromatic heterocycles. The van der Waals surface area contributed by atoms with Gasteiger partial charge >= 0.3 is 29.2 Å². The Morgan fingerprint density at radius 3 is 1.19 bits per heavy atom. The highest BCUT2D eigenvalue weighted by Crippen LogP contribution is 2.60. The number of carbonyl (C=O) groups is 4. The van der Waals surface area contributed by atoms with Crippen LogP contribution >= 0.6 is 0 Å². The minimum atomic E-state index is -3.00. The summed E-state index contributed by atoms with van der Waals surface area (Å²) < 4.78 is 27.3. The molecule has 29 heteroatoms. The zero-order valence-electron chi connectivity index (χ0n) is 37.4. The Morgan fingerprint density at radius 2 is 0.727 bits per heavy atom. The number of ketones is 1. The lowest BCUT2D eigenvalue weighted by Crippen LogP contribution is -2.54. The molecular weight excluding hydrogens is 1040 g/mol. The van der Waals surface area contributed by atoms with E-state index in [4.69, 9.17) is 23.0 Å². The van der Waals surface area contributed by atoms with Crippen LogP contribution < -0.4 is 11.3 Å². The minimum Gasteiger partial charge on any atom is -0.504 e. The molecule has 0 amide bonds. The summed E-state index contributed by atoms with van der Waals surface area (Å²) >= 11 is 0. The average molecular weight is 1070 g/mol. The SMILES string of the molecule is O=C1OC(C2OC(=O)c3cc(O)c(O)c(O)c3-c3c(O)c(O)c4oc(=O)c5c(c(O)c(O)c6oc(=O)c3c4c65)-c3c(cc(O)c(O)c3O)C(=O)CC2O)C2OC(=O)c3c(c(O)c(O)c(O)c3C2O)-c2c1cc(O)c(O)c2O. The minimum absolute atomic E-state index is 0.241. The molecule has 5 atom stereocenters. The zero-order chi connectivity index (χ0) is 55.8. The van der Waals surface area contributed by atoms with Crippen molar-refractivity contribution in [3.8, 4) is 125 Å². The van der Waals surface area contributed by atoms with Crippen LogP contribution in [0.25, 0.3) is 66.1 Å². The third-order valence-electron chi connectivity index (χ3n) is 13.5. The van der Waals surface area contributed by atoms with Gasteiger partial charge in [-0.1, -0.05) is 0 Å². The number of Topliss-reactive ketones (excluding diaryl/α,β-unsaturated/α-hetero) is 1. The monoisotopic (exact) mass is 1070 g/mol. The summed E-state index contributed by atoms with van der Waals surface area (Å²) in [6.07, 6.45) is -16.0. The predicted molar refractivity (Wildman–Crippen MR) is 244 cm³/mol. The Hall–Kier alpha value is -10.9. The Kier molecular flexibility index (Phi) is 9.91. The highest BCUT2D eigenvalue weighted by atomic mass is 16.6. The van der Waals surface area contributed by atoms with Gasteiger partial charge in [-0.15, -0.1) is 0 Å². The maximum atomic E-state index is 15.0. The van der Waals surface area contributed by atoms with Gasteiger partial charge in [0, 0.05) is 61.7 Å². The van der Waals surface area contributed by atoms with Crippen molar-refractivity contribution in [2.24, 2.45) is 0 Å². The van der Waals surface area contributed by atoms with E-state index in [1.165, 1.54) is 0 Å². The molecule has 5 unspecified atom stereocenters. The number of phenolic OH excluding ortho intramolecular Hbond substituents is 16. The van der Waals surface area contributed by atoms with Crippen molar-refractivity contribution >= 4 is 56.4 Å². The quantitative estimate of drug-likeness (QED) is 0.0368. The Morgan fingerprint density at radius 1 is 0.351 bits per heavy atom. The molecule has 394 valence electrons. The molecular formula is C48H28O29. The lowest BCUT2D eigenvalue weighted by Gasteiger charge is -2.40. The second-order valence-electron chi connectivity index (χ2n) is 17.6. The number of benzene rings is 6. The van der Waals surface area contributed by atoms with Gasteiger partial charge in [0.15, 0.2) is 92.8 Å². The van der Waals surface area contributed by atoms with Gasteiger partial charge < -0.3 is 115 Å². The number of aromatic hydroxyl groups is 16. The molecule has 29 nitrogen and oxygen atoms in total. The number of fused-ring (bicyclic) bond motifs is 7. The number of aliphatic hydroxyl groups excluding tert-OH is 2. The molecule has 8 aromatic rings. The zero-order valence-corrected chi connectivity index (χ0v) is 37.4. The van der Waals surface area contributed by atoms with Crippen LogP contribution in [0.3, 0.4) is 0 Å². The number of cyclic esters (lactones) is 1. The molecule has 18 N–H and O–H groups in total. The number of esters is 3. The third-order valence-corrected chi connectivity index (χ3v) is 13.5. The van der Waals surface area contributed by atoms with E-state index in [1.807, 2.05) is 0 Å². The number of aliphatic hydroxyl groups is 2. The van der Waals surface area contributed by atoms with Crippen molar-refractivity contribution in [1.29, 1.82) is 0 Å². The predicted octanol–water partition coefficient (Wildman–Crippen LogP) is 2.07. The van der Waals surface area contributed by atoms with Gasteiger partial charge in [-0.25, -0.2) is 24.0 Å². The van der Waals surface area contributed by atoms with Crippen LogP contribution in [0.5, 0.6) is 92.0 Å². The van der Waals surface area contributed by atoms with E-state index in [9.17, 15) is 116 Å². The lowest BCUT2D eigenvalue weighted by atomic mass is 9.82. The molecule has 6 heterocycles. The van der Waals surface area contributed by atoms with Crippen LogP contribution in [-0.2, 0) is 14.2 Å². The van der Waals surface area contributed by atoms with Gasteiger partial charge in [-0.05, 0) is 18.2 Å². The van der Waals surface area contributed by atoms with Gasteiger partial charge in [-0.2, -0.15) is 0 Å². The van der Waals surface area contributed by atoms with Crippen LogP contribution in [0, 0.1) is 0 Å². The van der Waals surface area contributed by atoms with Gasteiger partial charge in [0.25, 0.3) is 0 Å². The molecule has 0 fully saturated rings. The topological polar surface area (TPSA) is 521 Å². The number of ether oxygens (including phenoxy) is 3. The van der Waals surface area contributed by atoms with Crippen molar-refractivity contribution < 1.29 is 134 Å². The Bertz CT molecular complexity index is 4260. The number of hydrogen-bond acceptors (Lipinski definition) is 29. The van der Waals surface area contributed by atoms with E-state index >= 15 is 4.79 Å². The van der Waals surface area contributed by atoms with Crippen molar-refractivity contribution in [2.75, 3.05) is 0 Å². The summed E-state index contributed by atoms with van der Waals surface area (Å²) in [6.45, 7) is 0. The molecule has 10 bridgehead atoms. The van der Waals surface area contributed by atoms with Crippen molar-refractivity contribution in [3.05, 3.63) is 66.9 Å². The highest BCUT2D eigenvalue weighted by molar-refractivity contribution is 6.29. The fraction of sp³-hybridized carbons (Fsp3) is 0.125. The Labute approximate surface area is 419 Å². The van der Waals surface area contributed by atoms with E-state index in [2.05, 4.69) is 0 Å². The number of rotatable bonds is 1. The molecule has 0 saturated heterocycles. The molecule has 77 heavy (non-hydrogen) atoms. The first-order valence-electron chi connectivity index (χ1n) is 21.6. The third kappa shape index (κ3) is 6.15. The van der Waals surface area contributed by atoms with Crippen LogP contribution in [-0.4, -0.2) is 140 Å². The van der Waals surface area contributed by atoms with Crippen LogP contribution in [0.1, 0.15) is 59.5 Å². The first kappa shape index (κ1) is 48.3. The fourth-order valence-corrected chi connectivity index (χ4v) is 10.1. The van der Waals surface area contributed by atoms with E-state index in [-0.39, 0.29) is 6.07 Å². The highest BCUT2D eigenvalue weighted by Gasteiger charge is 2.53. The van der Waals surface area contributed by atoms with Gasteiger partial charge in [0.05, 0.1) is 27.5 Å². The first-order valence-corrected chi connectivity index (χ1v) is 21.6. The second-order valence-corrected chi connectivity index (χ2v) is 17.6. The second kappa shape index (κ2) is 15.8.